The Morgan fingerprint density at radius 3 is 3.10 bits per heavy atom. The highest BCUT2D eigenvalue weighted by atomic mass is 32.1. The molecule has 150 valence electrons. The van der Waals surface area contributed by atoms with Gasteiger partial charge < -0.3 is 4.74 Å². The van der Waals surface area contributed by atoms with Gasteiger partial charge in [-0.15, -0.1) is 11.3 Å². The summed E-state index contributed by atoms with van der Waals surface area (Å²) >= 11 is 1.61. The van der Waals surface area contributed by atoms with Crippen molar-refractivity contribution in [1.29, 1.82) is 0 Å². The summed E-state index contributed by atoms with van der Waals surface area (Å²) < 4.78 is 7.76. The largest absolute Gasteiger partial charge is 0.376 e. The summed E-state index contributed by atoms with van der Waals surface area (Å²) in [5, 5.41) is 5.13. The van der Waals surface area contributed by atoms with E-state index in [0.29, 0.717) is 12.1 Å². The lowest BCUT2D eigenvalue weighted by Gasteiger charge is -2.23. The van der Waals surface area contributed by atoms with Crippen molar-refractivity contribution in [2.75, 3.05) is 18.1 Å². The third kappa shape index (κ3) is 3.26. The normalized spacial score (nSPS) is 17.8. The maximum absolute atomic E-state index is 13.5. The van der Waals surface area contributed by atoms with Crippen LogP contribution in [0.1, 0.15) is 39.5 Å². The highest BCUT2D eigenvalue weighted by Gasteiger charge is 2.31. The molecule has 0 unspecified atom stereocenters. The molecule has 5 rings (SSSR count). The Kier molecular flexibility index (Phi) is 4.67. The van der Waals surface area contributed by atoms with Gasteiger partial charge in [-0.2, -0.15) is 5.10 Å². The van der Waals surface area contributed by atoms with E-state index >= 15 is 0 Å². The molecular weight excluding hydrogens is 386 g/mol. The van der Waals surface area contributed by atoms with Crippen LogP contribution in [0, 0.1) is 6.92 Å². The number of aryl methyl sites for hydroxylation is 3. The fourth-order valence-electron chi connectivity index (χ4n) is 4.12. The van der Waals surface area contributed by atoms with Gasteiger partial charge in [0.1, 0.15) is 0 Å². The average molecular weight is 410 g/mol. The van der Waals surface area contributed by atoms with Crippen LogP contribution >= 0.6 is 11.3 Å². The number of anilines is 1. The first-order valence-electron chi connectivity index (χ1n) is 9.98. The zero-order valence-corrected chi connectivity index (χ0v) is 17.4. The Hall–Kier alpha value is -2.58. The zero-order chi connectivity index (χ0) is 20.0. The topological polar surface area (TPSA) is 73.1 Å². The third-order valence-electron chi connectivity index (χ3n) is 5.72. The molecule has 1 atom stereocenters. The summed E-state index contributed by atoms with van der Waals surface area (Å²) in [7, 11) is 1.97. The number of fused-ring (bicyclic) bond motifs is 3. The predicted molar refractivity (Wildman–Crippen MR) is 111 cm³/mol. The molecule has 2 aliphatic rings. The van der Waals surface area contributed by atoms with E-state index in [4.69, 9.17) is 9.72 Å². The third-order valence-corrected chi connectivity index (χ3v) is 6.85. The van der Waals surface area contributed by atoms with Crippen LogP contribution in [0.25, 0.3) is 11.3 Å². The number of amides is 1. The second-order valence-electron chi connectivity index (χ2n) is 7.58. The molecule has 0 N–H and O–H groups in total. The Labute approximate surface area is 173 Å². The molecule has 4 heterocycles. The van der Waals surface area contributed by atoms with E-state index in [9.17, 15) is 4.79 Å². The van der Waals surface area contributed by atoms with Crippen LogP contribution in [0.5, 0.6) is 0 Å². The van der Waals surface area contributed by atoms with Crippen LogP contribution in [0.2, 0.25) is 0 Å². The number of rotatable bonds is 4. The van der Waals surface area contributed by atoms with Crippen molar-refractivity contribution in [3.63, 3.8) is 0 Å². The van der Waals surface area contributed by atoms with Gasteiger partial charge in [0.15, 0.2) is 5.13 Å². The van der Waals surface area contributed by atoms with Crippen molar-refractivity contribution in [2.45, 2.75) is 38.7 Å². The second-order valence-corrected chi connectivity index (χ2v) is 8.65. The van der Waals surface area contributed by atoms with E-state index in [1.165, 1.54) is 10.6 Å². The van der Waals surface area contributed by atoms with Gasteiger partial charge >= 0.3 is 0 Å². The van der Waals surface area contributed by atoms with Crippen molar-refractivity contribution in [3.8, 4) is 11.3 Å². The minimum absolute atomic E-state index is 0.0470. The minimum atomic E-state index is -0.0661. The highest BCUT2D eigenvalue weighted by molar-refractivity contribution is 7.16. The number of carbonyl (C=O) groups excluding carboxylic acids is 1. The molecule has 29 heavy (non-hydrogen) atoms. The number of thiazole rings is 1. The van der Waals surface area contributed by atoms with Crippen molar-refractivity contribution in [2.24, 2.45) is 7.05 Å². The summed E-state index contributed by atoms with van der Waals surface area (Å²) in [6.07, 6.45) is 7.51. The van der Waals surface area contributed by atoms with Gasteiger partial charge in [-0.05, 0) is 44.7 Å². The molecule has 0 spiro atoms. The summed E-state index contributed by atoms with van der Waals surface area (Å²) in [6, 6.07) is 3.64. The van der Waals surface area contributed by atoms with E-state index in [-0.39, 0.29) is 12.0 Å². The van der Waals surface area contributed by atoms with Gasteiger partial charge in [-0.3, -0.25) is 19.4 Å². The molecule has 8 heteroatoms. The van der Waals surface area contributed by atoms with Gasteiger partial charge in [0.05, 0.1) is 30.1 Å². The maximum atomic E-state index is 13.5. The van der Waals surface area contributed by atoms with Crippen LogP contribution in [0.4, 0.5) is 5.13 Å². The van der Waals surface area contributed by atoms with E-state index < -0.39 is 0 Å². The number of aromatic nitrogens is 4. The standard InChI is InChI=1S/C21H23N5O2S/c1-13-15(6-3-9-22-13)20(27)26(12-14-5-4-10-28-14)21-24-19-16-11-23-25(2)17(16)7-8-18(19)29-21/h3,6,9,11,14H,4-5,7-8,10,12H2,1-2H3/t14-/m0/s1. The van der Waals surface area contributed by atoms with Crippen molar-refractivity contribution in [3.05, 3.63) is 46.4 Å². The smallest absolute Gasteiger partial charge is 0.261 e. The highest BCUT2D eigenvalue weighted by Crippen LogP contribution is 2.39. The Morgan fingerprint density at radius 2 is 2.31 bits per heavy atom. The zero-order valence-electron chi connectivity index (χ0n) is 16.6. The number of hydrogen-bond acceptors (Lipinski definition) is 6. The lowest BCUT2D eigenvalue weighted by Crippen LogP contribution is -2.38. The quantitative estimate of drug-likeness (QED) is 0.662. The fourth-order valence-corrected chi connectivity index (χ4v) is 5.20. The monoisotopic (exact) mass is 409 g/mol. The molecular formula is C21H23N5O2S. The Morgan fingerprint density at radius 1 is 1.41 bits per heavy atom. The molecule has 0 aromatic carbocycles. The molecule has 1 aliphatic heterocycles. The van der Waals surface area contributed by atoms with E-state index in [0.717, 1.165) is 54.4 Å². The van der Waals surface area contributed by atoms with Crippen LogP contribution in [0.3, 0.4) is 0 Å². The van der Waals surface area contributed by atoms with Crippen LogP contribution < -0.4 is 4.90 Å². The molecule has 0 saturated carbocycles. The van der Waals surface area contributed by atoms with Gasteiger partial charge in [-0.1, -0.05) is 0 Å². The van der Waals surface area contributed by atoms with Crippen molar-refractivity contribution >= 4 is 22.4 Å². The molecule has 1 amide bonds. The van der Waals surface area contributed by atoms with E-state index in [1.807, 2.05) is 30.9 Å². The van der Waals surface area contributed by atoms with Crippen LogP contribution in [-0.2, 0) is 24.6 Å². The molecule has 0 radical (unpaired) electrons. The van der Waals surface area contributed by atoms with Crippen molar-refractivity contribution < 1.29 is 9.53 Å². The first-order chi connectivity index (χ1) is 14.1. The van der Waals surface area contributed by atoms with E-state index in [1.54, 1.807) is 28.5 Å². The van der Waals surface area contributed by atoms with E-state index in [2.05, 4.69) is 10.1 Å². The number of hydrogen-bond donors (Lipinski definition) is 0. The minimum Gasteiger partial charge on any atom is -0.376 e. The number of nitrogens with zero attached hydrogens (tertiary/aromatic N) is 5. The van der Waals surface area contributed by atoms with Crippen LogP contribution in [0.15, 0.2) is 24.5 Å². The Balaban J connectivity index is 1.54. The van der Waals surface area contributed by atoms with Gasteiger partial charge in [0.2, 0.25) is 0 Å². The number of pyridine rings is 1. The summed E-state index contributed by atoms with van der Waals surface area (Å²) in [5.41, 5.74) is 4.59. The molecule has 3 aromatic rings. The van der Waals surface area contributed by atoms with Gasteiger partial charge in [0, 0.05) is 41.7 Å². The maximum Gasteiger partial charge on any atom is 0.261 e. The molecule has 3 aromatic heterocycles. The lowest BCUT2D eigenvalue weighted by atomic mass is 10.0. The first kappa shape index (κ1) is 18.4. The SMILES string of the molecule is Cc1ncccc1C(=O)N(C[C@@H]1CCCO1)c1nc2c(s1)CCc1c-2cnn1C. The van der Waals surface area contributed by atoms with Gasteiger partial charge in [0.25, 0.3) is 5.91 Å². The molecule has 1 fully saturated rings. The van der Waals surface area contributed by atoms with Crippen molar-refractivity contribution in [1.82, 2.24) is 19.7 Å². The predicted octanol–water partition coefficient (Wildman–Crippen LogP) is 3.17. The molecule has 1 aliphatic carbocycles. The Bertz CT molecular complexity index is 1070. The first-order valence-corrected chi connectivity index (χ1v) is 10.8. The van der Waals surface area contributed by atoms with Crippen LogP contribution in [-0.4, -0.2) is 44.9 Å². The lowest BCUT2D eigenvalue weighted by molar-refractivity contribution is 0.0916. The molecule has 7 nitrogen and oxygen atoms in total. The second kappa shape index (κ2) is 7.35. The number of ether oxygens (including phenoxy) is 1. The fraction of sp³-hybridized carbons (Fsp3) is 0.429. The molecule has 0 bridgehead atoms. The number of carbonyl (C=O) groups is 1. The molecule has 1 saturated heterocycles. The van der Waals surface area contributed by atoms with Gasteiger partial charge in [-0.25, -0.2) is 4.98 Å². The summed E-state index contributed by atoms with van der Waals surface area (Å²) in [6.45, 7) is 3.14. The summed E-state index contributed by atoms with van der Waals surface area (Å²) in [4.78, 5) is 25.7. The summed E-state index contributed by atoms with van der Waals surface area (Å²) in [5.74, 6) is -0.0661. The average Bonchev–Trinajstić information content (AvgIpc) is 3.45.